The number of nitrogens with zero attached hydrogens (tertiary/aromatic N) is 2. The third kappa shape index (κ3) is 1.39. The predicted molar refractivity (Wildman–Crippen MR) is 61.9 cm³/mol. The van der Waals surface area contributed by atoms with Crippen molar-refractivity contribution in [1.29, 1.82) is 0 Å². The molecule has 2 heterocycles. The van der Waals surface area contributed by atoms with Crippen molar-refractivity contribution in [2.24, 2.45) is 0 Å². The van der Waals surface area contributed by atoms with E-state index >= 15 is 0 Å². The summed E-state index contributed by atoms with van der Waals surface area (Å²) in [5.41, 5.74) is -0.137. The molecule has 1 spiro atoms. The van der Waals surface area contributed by atoms with Crippen molar-refractivity contribution in [3.05, 3.63) is 0 Å². The van der Waals surface area contributed by atoms with Crippen molar-refractivity contribution >= 4 is 5.91 Å². The first-order valence-electron chi connectivity index (χ1n) is 6.45. The van der Waals surface area contributed by atoms with Crippen LogP contribution in [0.3, 0.4) is 0 Å². The smallest absolute Gasteiger partial charge is 0.244 e. The van der Waals surface area contributed by atoms with E-state index in [0.29, 0.717) is 11.9 Å². The van der Waals surface area contributed by atoms with Gasteiger partial charge in [-0.05, 0) is 39.3 Å². The zero-order valence-corrected chi connectivity index (χ0v) is 10.2. The molecule has 0 aromatic heterocycles. The van der Waals surface area contributed by atoms with E-state index in [9.17, 15) is 4.79 Å². The summed E-state index contributed by atoms with van der Waals surface area (Å²) in [5, 5.41) is 3.54. The monoisotopic (exact) mass is 223 g/mol. The highest BCUT2D eigenvalue weighted by Gasteiger charge is 2.60. The Morgan fingerprint density at radius 2 is 2.25 bits per heavy atom. The number of nitrogens with one attached hydrogen (secondary N) is 1. The number of likely N-dealkylation sites (tertiary alicyclic amines) is 1. The number of likely N-dealkylation sites (N-methyl/N-ethyl adjacent to an activating group) is 1. The minimum absolute atomic E-state index is 0.137. The number of rotatable bonds is 2. The molecule has 2 atom stereocenters. The molecule has 2 aliphatic heterocycles. The van der Waals surface area contributed by atoms with E-state index in [2.05, 4.69) is 29.1 Å². The van der Waals surface area contributed by atoms with E-state index < -0.39 is 0 Å². The third-order valence-corrected chi connectivity index (χ3v) is 4.32. The first-order valence-corrected chi connectivity index (χ1v) is 6.45. The van der Waals surface area contributed by atoms with Gasteiger partial charge in [0, 0.05) is 12.6 Å². The Balaban J connectivity index is 1.79. The van der Waals surface area contributed by atoms with Crippen LogP contribution in [0.1, 0.15) is 32.6 Å². The Kier molecular flexibility index (Phi) is 2.27. The van der Waals surface area contributed by atoms with Gasteiger partial charge in [-0.2, -0.15) is 0 Å². The van der Waals surface area contributed by atoms with Gasteiger partial charge < -0.3 is 9.80 Å². The lowest BCUT2D eigenvalue weighted by atomic mass is 10.2. The van der Waals surface area contributed by atoms with Gasteiger partial charge >= 0.3 is 0 Å². The maximum atomic E-state index is 12.4. The van der Waals surface area contributed by atoms with Gasteiger partial charge in [0.05, 0.1) is 11.7 Å². The Morgan fingerprint density at radius 1 is 1.50 bits per heavy atom. The summed E-state index contributed by atoms with van der Waals surface area (Å²) in [4.78, 5) is 16.9. The Labute approximate surface area is 97.0 Å². The molecular formula is C12H21N3O. The van der Waals surface area contributed by atoms with Crippen LogP contribution < -0.4 is 5.32 Å². The highest BCUT2D eigenvalue weighted by Crippen LogP contribution is 2.43. The summed E-state index contributed by atoms with van der Waals surface area (Å²) in [7, 11) is 2.14. The van der Waals surface area contributed by atoms with Crippen molar-refractivity contribution in [3.8, 4) is 0 Å². The molecule has 1 N–H and O–H groups in total. The average Bonchev–Trinajstić information content (AvgIpc) is 2.84. The molecule has 0 radical (unpaired) electrons. The quantitative estimate of drug-likeness (QED) is 0.735. The van der Waals surface area contributed by atoms with Crippen LogP contribution in [-0.4, -0.2) is 53.6 Å². The van der Waals surface area contributed by atoms with Crippen molar-refractivity contribution in [2.75, 3.05) is 20.1 Å². The van der Waals surface area contributed by atoms with Gasteiger partial charge in [-0.1, -0.05) is 6.92 Å². The molecule has 3 fully saturated rings. The molecule has 2 unspecified atom stereocenters. The van der Waals surface area contributed by atoms with Gasteiger partial charge in [0.15, 0.2) is 0 Å². The van der Waals surface area contributed by atoms with E-state index in [0.717, 1.165) is 38.8 Å². The zero-order chi connectivity index (χ0) is 11.3. The number of hydrogen-bond donors (Lipinski definition) is 1. The lowest BCUT2D eigenvalue weighted by molar-refractivity contribution is -0.132. The zero-order valence-electron chi connectivity index (χ0n) is 10.2. The van der Waals surface area contributed by atoms with E-state index in [4.69, 9.17) is 0 Å². The second-order valence-corrected chi connectivity index (χ2v) is 5.57. The van der Waals surface area contributed by atoms with Crippen LogP contribution in [0.2, 0.25) is 0 Å². The summed E-state index contributed by atoms with van der Waals surface area (Å²) in [5.74, 6) is 0.375. The largest absolute Gasteiger partial charge is 0.321 e. The van der Waals surface area contributed by atoms with E-state index in [-0.39, 0.29) is 11.7 Å². The minimum Gasteiger partial charge on any atom is -0.321 e. The Morgan fingerprint density at radius 3 is 2.75 bits per heavy atom. The van der Waals surface area contributed by atoms with Crippen LogP contribution in [0.5, 0.6) is 0 Å². The fraction of sp³-hybridized carbons (Fsp3) is 0.917. The number of amides is 1. The SMILES string of the molecule is CCC1NC2(CC2)C(=O)N1C1CCN(C)C1. The first kappa shape index (κ1) is 10.5. The summed E-state index contributed by atoms with van der Waals surface area (Å²) < 4.78 is 0. The standard InChI is InChI=1S/C12H21N3O/c1-3-10-13-12(5-6-12)11(16)15(10)9-4-7-14(2)8-9/h9-10,13H,3-8H2,1-2H3. The van der Waals surface area contributed by atoms with Crippen molar-refractivity contribution in [2.45, 2.75) is 50.4 Å². The molecule has 4 heteroatoms. The molecule has 0 bridgehead atoms. The maximum absolute atomic E-state index is 12.4. The second-order valence-electron chi connectivity index (χ2n) is 5.57. The topological polar surface area (TPSA) is 35.6 Å². The summed E-state index contributed by atoms with van der Waals surface area (Å²) in [6.07, 6.45) is 4.53. The van der Waals surface area contributed by atoms with Gasteiger partial charge in [0.1, 0.15) is 0 Å². The molecule has 2 saturated heterocycles. The highest BCUT2D eigenvalue weighted by molar-refractivity contribution is 5.92. The average molecular weight is 223 g/mol. The molecule has 4 nitrogen and oxygen atoms in total. The van der Waals surface area contributed by atoms with Gasteiger partial charge in [0.25, 0.3) is 0 Å². The summed E-state index contributed by atoms with van der Waals surface area (Å²) >= 11 is 0. The number of carbonyl (C=O) groups excluding carboxylic acids is 1. The Bertz CT molecular complexity index is 313. The van der Waals surface area contributed by atoms with Crippen LogP contribution >= 0.6 is 0 Å². The first-order chi connectivity index (χ1) is 7.66. The van der Waals surface area contributed by atoms with Crippen LogP contribution in [0.15, 0.2) is 0 Å². The molecule has 0 aromatic carbocycles. The van der Waals surface area contributed by atoms with Crippen LogP contribution in [0.4, 0.5) is 0 Å². The van der Waals surface area contributed by atoms with Gasteiger partial charge in [-0.25, -0.2) is 0 Å². The summed E-state index contributed by atoms with van der Waals surface area (Å²) in [6, 6.07) is 0.440. The normalized spacial score (nSPS) is 37.6. The van der Waals surface area contributed by atoms with E-state index in [1.54, 1.807) is 0 Å². The van der Waals surface area contributed by atoms with Gasteiger partial charge in [-0.3, -0.25) is 10.1 Å². The molecule has 1 amide bonds. The molecule has 3 aliphatic rings. The fourth-order valence-electron chi connectivity index (χ4n) is 3.18. The van der Waals surface area contributed by atoms with Gasteiger partial charge in [0.2, 0.25) is 5.91 Å². The van der Waals surface area contributed by atoms with Crippen LogP contribution in [-0.2, 0) is 4.79 Å². The van der Waals surface area contributed by atoms with E-state index in [1.807, 2.05) is 0 Å². The van der Waals surface area contributed by atoms with Gasteiger partial charge in [-0.15, -0.1) is 0 Å². The van der Waals surface area contributed by atoms with E-state index in [1.165, 1.54) is 0 Å². The summed E-state index contributed by atoms with van der Waals surface area (Å²) in [6.45, 7) is 4.33. The molecule has 90 valence electrons. The second kappa shape index (κ2) is 3.44. The number of carbonyl (C=O) groups is 1. The lowest BCUT2D eigenvalue weighted by Gasteiger charge is -2.29. The minimum atomic E-state index is -0.137. The number of hydrogen-bond acceptors (Lipinski definition) is 3. The van der Waals surface area contributed by atoms with Crippen molar-refractivity contribution in [1.82, 2.24) is 15.1 Å². The third-order valence-electron chi connectivity index (χ3n) is 4.32. The predicted octanol–water partition coefficient (Wildman–Crippen LogP) is 0.391. The van der Waals surface area contributed by atoms with Crippen molar-refractivity contribution < 1.29 is 4.79 Å². The van der Waals surface area contributed by atoms with Crippen molar-refractivity contribution in [3.63, 3.8) is 0 Å². The molecule has 16 heavy (non-hydrogen) atoms. The molecule has 3 rings (SSSR count). The molecular weight excluding hydrogens is 202 g/mol. The molecule has 1 saturated carbocycles. The van der Waals surface area contributed by atoms with Crippen LogP contribution in [0.25, 0.3) is 0 Å². The lowest BCUT2D eigenvalue weighted by Crippen LogP contribution is -2.45. The molecule has 0 aromatic rings. The van der Waals surface area contributed by atoms with Crippen LogP contribution in [0, 0.1) is 0 Å². The highest BCUT2D eigenvalue weighted by atomic mass is 16.2. The molecule has 1 aliphatic carbocycles. The Hall–Kier alpha value is -0.610. The maximum Gasteiger partial charge on any atom is 0.244 e. The fourth-order valence-corrected chi connectivity index (χ4v) is 3.18.